The highest BCUT2D eigenvalue weighted by Gasteiger charge is 2.17. The van der Waals surface area contributed by atoms with Gasteiger partial charge in [0.2, 0.25) is 5.91 Å². The Kier molecular flexibility index (Phi) is 4.31. The molecule has 0 aromatic carbocycles. The van der Waals surface area contributed by atoms with Crippen LogP contribution in [0.1, 0.15) is 5.69 Å². The molecular formula is C13H17N5O. The number of hydrogen-bond acceptors (Lipinski definition) is 5. The van der Waals surface area contributed by atoms with Gasteiger partial charge in [-0.15, -0.1) is 0 Å². The van der Waals surface area contributed by atoms with Gasteiger partial charge in [0.25, 0.3) is 0 Å². The Morgan fingerprint density at radius 1 is 1.58 bits per heavy atom. The summed E-state index contributed by atoms with van der Waals surface area (Å²) < 4.78 is 0. The van der Waals surface area contributed by atoms with Crippen LogP contribution in [0.3, 0.4) is 0 Å². The molecule has 1 saturated heterocycles. The number of amides is 1. The van der Waals surface area contributed by atoms with Gasteiger partial charge in [-0.2, -0.15) is 5.26 Å². The van der Waals surface area contributed by atoms with Crippen molar-refractivity contribution in [1.82, 2.24) is 15.2 Å². The van der Waals surface area contributed by atoms with Crippen LogP contribution < -0.4 is 10.2 Å². The Morgan fingerprint density at radius 3 is 3.00 bits per heavy atom. The van der Waals surface area contributed by atoms with Crippen LogP contribution in [-0.2, 0) is 4.79 Å². The molecule has 0 saturated carbocycles. The lowest BCUT2D eigenvalue weighted by Gasteiger charge is -2.29. The molecule has 1 fully saturated rings. The van der Waals surface area contributed by atoms with Crippen molar-refractivity contribution in [2.45, 2.75) is 0 Å². The summed E-state index contributed by atoms with van der Waals surface area (Å²) in [5, 5.41) is 12.0. The predicted molar refractivity (Wildman–Crippen MR) is 71.7 cm³/mol. The summed E-state index contributed by atoms with van der Waals surface area (Å²) in [6.45, 7) is 3.53. The van der Waals surface area contributed by atoms with Crippen molar-refractivity contribution in [1.29, 1.82) is 5.26 Å². The van der Waals surface area contributed by atoms with Crippen LogP contribution in [0.5, 0.6) is 0 Å². The molecule has 1 aromatic rings. The average Bonchev–Trinajstić information content (AvgIpc) is 2.48. The lowest BCUT2D eigenvalue weighted by Crippen LogP contribution is -2.49. The van der Waals surface area contributed by atoms with Crippen LogP contribution in [0.15, 0.2) is 18.3 Å². The number of aromatic nitrogens is 1. The van der Waals surface area contributed by atoms with E-state index in [9.17, 15) is 4.79 Å². The molecule has 1 aliphatic rings. The molecule has 0 spiro atoms. The van der Waals surface area contributed by atoms with Crippen molar-refractivity contribution in [3.63, 3.8) is 0 Å². The van der Waals surface area contributed by atoms with Gasteiger partial charge in [-0.25, -0.2) is 4.98 Å². The number of carbonyl (C=O) groups is 1. The highest BCUT2D eigenvalue weighted by molar-refractivity contribution is 5.81. The minimum Gasteiger partial charge on any atom is -0.365 e. The maximum atomic E-state index is 12.1. The standard InChI is InChI=1S/C13H17N5O/c1-17(12-2-3-16-11(8-12)9-14)10-13(19)18-6-4-15-5-7-18/h2-3,8,15H,4-7,10H2,1H3. The fourth-order valence-corrected chi connectivity index (χ4v) is 2.03. The van der Waals surface area contributed by atoms with Gasteiger partial charge in [0.15, 0.2) is 0 Å². The van der Waals surface area contributed by atoms with E-state index in [0.717, 1.165) is 31.9 Å². The zero-order valence-electron chi connectivity index (χ0n) is 11.0. The Bertz CT molecular complexity index is 490. The summed E-state index contributed by atoms with van der Waals surface area (Å²) in [4.78, 5) is 19.7. The Balaban J connectivity index is 1.97. The van der Waals surface area contributed by atoms with Crippen molar-refractivity contribution < 1.29 is 4.79 Å². The molecule has 6 heteroatoms. The SMILES string of the molecule is CN(CC(=O)N1CCNCC1)c1ccnc(C#N)c1. The normalized spacial score (nSPS) is 14.8. The molecule has 0 atom stereocenters. The van der Waals surface area contributed by atoms with Gasteiger partial charge >= 0.3 is 0 Å². The maximum absolute atomic E-state index is 12.1. The quantitative estimate of drug-likeness (QED) is 0.815. The van der Waals surface area contributed by atoms with E-state index in [2.05, 4.69) is 10.3 Å². The van der Waals surface area contributed by atoms with Gasteiger partial charge in [0, 0.05) is 45.1 Å². The fourth-order valence-electron chi connectivity index (χ4n) is 2.03. The van der Waals surface area contributed by atoms with Crippen LogP contribution in [-0.4, -0.2) is 55.6 Å². The monoisotopic (exact) mass is 259 g/mol. The number of nitriles is 1. The van der Waals surface area contributed by atoms with Gasteiger partial charge in [0.05, 0.1) is 6.54 Å². The largest absolute Gasteiger partial charge is 0.365 e. The zero-order chi connectivity index (χ0) is 13.7. The smallest absolute Gasteiger partial charge is 0.242 e. The maximum Gasteiger partial charge on any atom is 0.242 e. The number of nitrogens with zero attached hydrogens (tertiary/aromatic N) is 4. The number of hydrogen-bond donors (Lipinski definition) is 1. The molecule has 0 aliphatic carbocycles. The molecule has 0 unspecified atom stereocenters. The van der Waals surface area contributed by atoms with E-state index < -0.39 is 0 Å². The van der Waals surface area contributed by atoms with E-state index in [-0.39, 0.29) is 5.91 Å². The Hall–Kier alpha value is -2.13. The average molecular weight is 259 g/mol. The number of pyridine rings is 1. The number of likely N-dealkylation sites (N-methyl/N-ethyl adjacent to an activating group) is 1. The molecule has 6 nitrogen and oxygen atoms in total. The first-order valence-corrected chi connectivity index (χ1v) is 6.26. The molecule has 2 heterocycles. The van der Waals surface area contributed by atoms with Gasteiger partial charge in [0.1, 0.15) is 11.8 Å². The third-order valence-corrected chi connectivity index (χ3v) is 3.14. The van der Waals surface area contributed by atoms with E-state index in [0.29, 0.717) is 12.2 Å². The van der Waals surface area contributed by atoms with Gasteiger partial charge in [-0.05, 0) is 12.1 Å². The minimum absolute atomic E-state index is 0.110. The number of anilines is 1. The highest BCUT2D eigenvalue weighted by atomic mass is 16.2. The fraction of sp³-hybridized carbons (Fsp3) is 0.462. The first kappa shape index (κ1) is 13.3. The summed E-state index contributed by atoms with van der Waals surface area (Å²) in [6, 6.07) is 5.48. The molecule has 1 aliphatic heterocycles. The summed E-state index contributed by atoms with van der Waals surface area (Å²) in [5.74, 6) is 0.110. The number of rotatable bonds is 3. The first-order valence-electron chi connectivity index (χ1n) is 6.26. The molecule has 1 aromatic heterocycles. The molecule has 19 heavy (non-hydrogen) atoms. The second-order valence-corrected chi connectivity index (χ2v) is 4.50. The molecule has 0 radical (unpaired) electrons. The summed E-state index contributed by atoms with van der Waals surface area (Å²) in [7, 11) is 1.84. The molecule has 100 valence electrons. The molecule has 0 bridgehead atoms. The lowest BCUT2D eigenvalue weighted by molar-refractivity contribution is -0.130. The van der Waals surface area contributed by atoms with Crippen molar-refractivity contribution in [2.75, 3.05) is 44.7 Å². The van der Waals surface area contributed by atoms with Crippen molar-refractivity contribution in [2.24, 2.45) is 0 Å². The van der Waals surface area contributed by atoms with Crippen molar-refractivity contribution in [3.8, 4) is 6.07 Å². The second-order valence-electron chi connectivity index (χ2n) is 4.50. The van der Waals surface area contributed by atoms with Crippen LogP contribution in [0.25, 0.3) is 0 Å². The third-order valence-electron chi connectivity index (χ3n) is 3.14. The number of carbonyl (C=O) groups excluding carboxylic acids is 1. The van der Waals surface area contributed by atoms with Crippen LogP contribution >= 0.6 is 0 Å². The summed E-state index contributed by atoms with van der Waals surface area (Å²) >= 11 is 0. The van der Waals surface area contributed by atoms with Crippen LogP contribution in [0, 0.1) is 11.3 Å². The van der Waals surface area contributed by atoms with Crippen molar-refractivity contribution >= 4 is 11.6 Å². The Labute approximate surface area is 112 Å². The number of nitrogens with one attached hydrogen (secondary N) is 1. The van der Waals surface area contributed by atoms with Gasteiger partial charge in [-0.3, -0.25) is 4.79 Å². The van der Waals surface area contributed by atoms with Crippen LogP contribution in [0.4, 0.5) is 5.69 Å². The third kappa shape index (κ3) is 3.42. The molecule has 1 amide bonds. The molecule has 1 N–H and O–H groups in total. The minimum atomic E-state index is 0.110. The predicted octanol–water partition coefficient (Wildman–Crippen LogP) is -0.179. The summed E-state index contributed by atoms with van der Waals surface area (Å²) in [6.07, 6.45) is 1.58. The molecular weight excluding hydrogens is 242 g/mol. The van der Waals surface area contributed by atoms with Crippen molar-refractivity contribution in [3.05, 3.63) is 24.0 Å². The van der Waals surface area contributed by atoms with E-state index in [1.807, 2.05) is 22.9 Å². The summed E-state index contributed by atoms with van der Waals surface area (Å²) in [5.41, 5.74) is 1.19. The zero-order valence-corrected chi connectivity index (χ0v) is 11.0. The highest BCUT2D eigenvalue weighted by Crippen LogP contribution is 2.12. The Morgan fingerprint density at radius 2 is 2.32 bits per heavy atom. The van der Waals surface area contributed by atoms with E-state index in [1.54, 1.807) is 18.3 Å². The number of piperazine rings is 1. The molecule has 2 rings (SSSR count). The van der Waals surface area contributed by atoms with E-state index in [1.165, 1.54) is 0 Å². The van der Waals surface area contributed by atoms with Crippen LogP contribution in [0.2, 0.25) is 0 Å². The second kappa shape index (κ2) is 6.16. The van der Waals surface area contributed by atoms with E-state index in [4.69, 9.17) is 5.26 Å². The lowest BCUT2D eigenvalue weighted by atomic mass is 10.3. The first-order chi connectivity index (χ1) is 9.20. The topological polar surface area (TPSA) is 72.3 Å². The van der Waals surface area contributed by atoms with Gasteiger partial charge in [-0.1, -0.05) is 0 Å². The van der Waals surface area contributed by atoms with Gasteiger partial charge < -0.3 is 15.1 Å². The van der Waals surface area contributed by atoms with E-state index >= 15 is 0 Å².